The highest BCUT2D eigenvalue weighted by Gasteiger charge is 2.10. The molecule has 0 aliphatic heterocycles. The zero-order chi connectivity index (χ0) is 19.2. The predicted octanol–water partition coefficient (Wildman–Crippen LogP) is 3.04. The maximum Gasteiger partial charge on any atom is 0.255 e. The molecule has 3 rings (SSSR count). The minimum Gasteiger partial charge on any atom is -0.487 e. The summed E-state index contributed by atoms with van der Waals surface area (Å²) in [4.78, 5) is 24.0. The average Bonchev–Trinajstić information content (AvgIpc) is 3.11. The number of hydrogen-bond acceptors (Lipinski definition) is 6. The number of benzene rings is 2. The third-order valence-electron chi connectivity index (χ3n) is 3.85. The molecule has 0 aliphatic carbocycles. The number of carbonyl (C=O) groups excluding carboxylic acids is 2. The Bertz CT molecular complexity index is 954. The van der Waals surface area contributed by atoms with E-state index in [0.29, 0.717) is 29.2 Å². The van der Waals surface area contributed by atoms with Gasteiger partial charge in [0.2, 0.25) is 0 Å². The Morgan fingerprint density at radius 3 is 2.48 bits per heavy atom. The van der Waals surface area contributed by atoms with E-state index in [-0.39, 0.29) is 11.8 Å². The van der Waals surface area contributed by atoms with Gasteiger partial charge in [0.15, 0.2) is 0 Å². The van der Waals surface area contributed by atoms with Crippen LogP contribution in [0.15, 0.2) is 48.5 Å². The Kier molecular flexibility index (Phi) is 5.77. The molecule has 0 saturated carbocycles. The number of hydrogen-bond donors (Lipinski definition) is 2. The van der Waals surface area contributed by atoms with Crippen molar-refractivity contribution in [3.63, 3.8) is 0 Å². The quantitative estimate of drug-likeness (QED) is 0.683. The van der Waals surface area contributed by atoms with Crippen LogP contribution in [0.1, 0.15) is 32.1 Å². The Morgan fingerprint density at radius 2 is 1.81 bits per heavy atom. The van der Waals surface area contributed by atoms with Crippen LogP contribution >= 0.6 is 11.7 Å². The van der Waals surface area contributed by atoms with Gasteiger partial charge in [-0.25, -0.2) is 0 Å². The van der Waals surface area contributed by atoms with Crippen LogP contribution in [-0.2, 0) is 6.61 Å². The van der Waals surface area contributed by atoms with E-state index in [1.54, 1.807) is 55.6 Å². The maximum atomic E-state index is 12.5. The number of carbonyl (C=O) groups is 2. The summed E-state index contributed by atoms with van der Waals surface area (Å²) >= 11 is 1.15. The Morgan fingerprint density at radius 1 is 1.04 bits per heavy atom. The highest BCUT2D eigenvalue weighted by Crippen LogP contribution is 2.18. The van der Waals surface area contributed by atoms with Crippen molar-refractivity contribution in [2.75, 3.05) is 12.4 Å². The lowest BCUT2D eigenvalue weighted by atomic mass is 10.1. The van der Waals surface area contributed by atoms with Crippen molar-refractivity contribution in [3.05, 3.63) is 71.0 Å². The van der Waals surface area contributed by atoms with Gasteiger partial charge >= 0.3 is 0 Å². The normalized spacial score (nSPS) is 10.3. The summed E-state index contributed by atoms with van der Waals surface area (Å²) in [6.07, 6.45) is 0. The Hall–Kier alpha value is -3.26. The molecule has 138 valence electrons. The van der Waals surface area contributed by atoms with E-state index in [9.17, 15) is 9.59 Å². The van der Waals surface area contributed by atoms with Crippen LogP contribution in [0, 0.1) is 6.92 Å². The van der Waals surface area contributed by atoms with Crippen LogP contribution in [0.5, 0.6) is 5.75 Å². The van der Waals surface area contributed by atoms with E-state index in [1.165, 1.54) is 0 Å². The first kappa shape index (κ1) is 18.5. The van der Waals surface area contributed by atoms with Crippen LogP contribution in [0.4, 0.5) is 5.69 Å². The van der Waals surface area contributed by atoms with Gasteiger partial charge in [0, 0.05) is 23.9 Å². The molecular weight excluding hydrogens is 364 g/mol. The lowest BCUT2D eigenvalue weighted by Gasteiger charge is -2.09. The molecule has 0 radical (unpaired) electrons. The van der Waals surface area contributed by atoms with Crippen LogP contribution < -0.4 is 15.4 Å². The second-order valence-corrected chi connectivity index (χ2v) is 6.25. The lowest BCUT2D eigenvalue weighted by molar-refractivity contribution is 0.0962. The van der Waals surface area contributed by atoms with Crippen molar-refractivity contribution in [3.8, 4) is 5.75 Å². The fourth-order valence-electron chi connectivity index (χ4n) is 2.31. The van der Waals surface area contributed by atoms with Crippen molar-refractivity contribution in [1.29, 1.82) is 0 Å². The standard InChI is InChI=1S/C19H18N4O3S/c1-12-17(23-27-22-12)11-26-16-5-3-4-14(10-16)19(25)21-15-8-6-13(7-9-15)18(24)20-2/h3-10H,11H2,1-2H3,(H,20,24)(H,21,25). The number of rotatable bonds is 6. The molecule has 0 unspecified atom stereocenters. The van der Waals surface area contributed by atoms with E-state index in [2.05, 4.69) is 19.4 Å². The summed E-state index contributed by atoms with van der Waals surface area (Å²) in [6, 6.07) is 13.6. The second kappa shape index (κ2) is 8.41. The molecule has 0 atom stereocenters. The molecule has 1 aromatic heterocycles. The lowest BCUT2D eigenvalue weighted by Crippen LogP contribution is -2.17. The van der Waals surface area contributed by atoms with Crippen LogP contribution in [0.25, 0.3) is 0 Å². The highest BCUT2D eigenvalue weighted by atomic mass is 32.1. The third kappa shape index (κ3) is 4.68. The summed E-state index contributed by atoms with van der Waals surface area (Å²) in [6.45, 7) is 2.18. The first-order valence-electron chi connectivity index (χ1n) is 8.21. The fourth-order valence-corrected chi connectivity index (χ4v) is 2.86. The molecule has 8 heteroatoms. The SMILES string of the molecule is CNC(=O)c1ccc(NC(=O)c2cccc(OCc3nsnc3C)c2)cc1. The monoisotopic (exact) mass is 382 g/mol. The number of amides is 2. The van der Waals surface area contributed by atoms with Crippen molar-refractivity contribution in [2.45, 2.75) is 13.5 Å². The number of aryl methyl sites for hydroxylation is 1. The highest BCUT2D eigenvalue weighted by molar-refractivity contribution is 6.99. The Labute approximate surface area is 160 Å². The molecule has 2 aromatic carbocycles. The minimum atomic E-state index is -0.264. The van der Waals surface area contributed by atoms with Gasteiger partial charge in [0.1, 0.15) is 18.1 Å². The second-order valence-electron chi connectivity index (χ2n) is 5.72. The number of anilines is 1. The molecule has 0 bridgehead atoms. The van der Waals surface area contributed by atoms with Crippen molar-refractivity contribution >= 4 is 29.2 Å². The van der Waals surface area contributed by atoms with Crippen molar-refractivity contribution in [2.24, 2.45) is 0 Å². The van der Waals surface area contributed by atoms with Gasteiger partial charge in [-0.15, -0.1) is 0 Å². The van der Waals surface area contributed by atoms with Gasteiger partial charge in [-0.1, -0.05) is 6.07 Å². The third-order valence-corrected chi connectivity index (χ3v) is 4.51. The molecule has 0 aliphatic rings. The van der Waals surface area contributed by atoms with Gasteiger partial charge in [-0.2, -0.15) is 8.75 Å². The molecule has 0 saturated heterocycles. The van der Waals surface area contributed by atoms with Gasteiger partial charge in [-0.3, -0.25) is 9.59 Å². The Balaban J connectivity index is 1.64. The van der Waals surface area contributed by atoms with Crippen molar-refractivity contribution in [1.82, 2.24) is 14.1 Å². The number of aromatic nitrogens is 2. The zero-order valence-corrected chi connectivity index (χ0v) is 15.7. The zero-order valence-electron chi connectivity index (χ0n) is 14.9. The van der Waals surface area contributed by atoms with E-state index in [0.717, 1.165) is 23.1 Å². The van der Waals surface area contributed by atoms with Gasteiger partial charge < -0.3 is 15.4 Å². The smallest absolute Gasteiger partial charge is 0.255 e. The first-order valence-corrected chi connectivity index (χ1v) is 8.94. The first-order chi connectivity index (χ1) is 13.1. The largest absolute Gasteiger partial charge is 0.487 e. The molecule has 2 amide bonds. The summed E-state index contributed by atoms with van der Waals surface area (Å²) in [7, 11) is 1.57. The molecule has 1 heterocycles. The summed E-state index contributed by atoms with van der Waals surface area (Å²) in [5.74, 6) is 0.132. The summed E-state index contributed by atoms with van der Waals surface area (Å²) in [5, 5.41) is 5.35. The van der Waals surface area contributed by atoms with Gasteiger partial charge in [-0.05, 0) is 49.4 Å². The van der Waals surface area contributed by atoms with Crippen LogP contribution in [0.3, 0.4) is 0 Å². The maximum absolute atomic E-state index is 12.5. The van der Waals surface area contributed by atoms with E-state index < -0.39 is 0 Å². The molecule has 3 aromatic rings. The molecule has 0 spiro atoms. The predicted molar refractivity (Wildman–Crippen MR) is 103 cm³/mol. The van der Waals surface area contributed by atoms with Gasteiger partial charge in [0.25, 0.3) is 11.8 Å². The van der Waals surface area contributed by atoms with Crippen LogP contribution in [-0.4, -0.2) is 27.6 Å². The van der Waals surface area contributed by atoms with Crippen LogP contribution in [0.2, 0.25) is 0 Å². The van der Waals surface area contributed by atoms with Gasteiger partial charge in [0.05, 0.1) is 17.4 Å². The van der Waals surface area contributed by atoms with Crippen molar-refractivity contribution < 1.29 is 14.3 Å². The number of nitrogens with one attached hydrogen (secondary N) is 2. The van der Waals surface area contributed by atoms with E-state index >= 15 is 0 Å². The van der Waals surface area contributed by atoms with E-state index in [1.807, 2.05) is 6.92 Å². The van der Waals surface area contributed by atoms with E-state index in [4.69, 9.17) is 4.74 Å². The molecule has 0 fully saturated rings. The summed E-state index contributed by atoms with van der Waals surface area (Å²) < 4.78 is 14.0. The topological polar surface area (TPSA) is 93.2 Å². The molecule has 7 nitrogen and oxygen atoms in total. The molecule has 2 N–H and O–H groups in total. The molecule has 27 heavy (non-hydrogen) atoms. The fraction of sp³-hybridized carbons (Fsp3) is 0.158. The number of ether oxygens (including phenoxy) is 1. The molecular formula is C19H18N4O3S. The number of nitrogens with zero attached hydrogens (tertiary/aromatic N) is 2. The summed E-state index contributed by atoms with van der Waals surface area (Å²) in [5.41, 5.74) is 3.22. The average molecular weight is 382 g/mol. The minimum absolute atomic E-state index is 0.178.